The largest absolute Gasteiger partial charge is 0.375 e. The first-order chi connectivity index (χ1) is 12.1. The van der Waals surface area contributed by atoms with Gasteiger partial charge in [-0.2, -0.15) is 0 Å². The maximum absolute atomic E-state index is 13.2. The molecule has 1 aliphatic heterocycles. The minimum absolute atomic E-state index is 0.0331. The number of amides is 1. The third-order valence-electron chi connectivity index (χ3n) is 4.56. The van der Waals surface area contributed by atoms with Crippen molar-refractivity contribution in [2.24, 2.45) is 0 Å². The minimum Gasteiger partial charge on any atom is -0.375 e. The standard InChI is InChI=1S/C20H23FN2O2/c1-14-2-7-18(25-14)8-9-19(24)23-20(16-10-12-22-13-11-16)15-3-5-17(21)6-4-15/h3-6,10-14,18,20H,2,7-9H2,1H3,(H,23,24)/t14-,18+,20-/m1/s1. The first-order valence-electron chi connectivity index (χ1n) is 8.72. The Hall–Kier alpha value is -2.27. The molecule has 4 nitrogen and oxygen atoms in total. The molecule has 0 spiro atoms. The average Bonchev–Trinajstić information content (AvgIpc) is 3.05. The molecule has 1 saturated heterocycles. The highest BCUT2D eigenvalue weighted by Gasteiger charge is 2.23. The molecule has 0 unspecified atom stereocenters. The van der Waals surface area contributed by atoms with Gasteiger partial charge in [0.2, 0.25) is 5.91 Å². The summed E-state index contributed by atoms with van der Waals surface area (Å²) in [7, 11) is 0. The van der Waals surface area contributed by atoms with Crippen LogP contribution >= 0.6 is 0 Å². The fourth-order valence-corrected chi connectivity index (χ4v) is 3.19. The van der Waals surface area contributed by atoms with Crippen molar-refractivity contribution in [1.29, 1.82) is 0 Å². The summed E-state index contributed by atoms with van der Waals surface area (Å²) >= 11 is 0. The molecule has 3 rings (SSSR count). The van der Waals surface area contributed by atoms with Gasteiger partial charge in [0.15, 0.2) is 0 Å². The Kier molecular flexibility index (Phi) is 5.76. The lowest BCUT2D eigenvalue weighted by Gasteiger charge is -2.20. The zero-order chi connectivity index (χ0) is 17.6. The number of nitrogens with one attached hydrogen (secondary N) is 1. The van der Waals surface area contributed by atoms with Crippen LogP contribution in [-0.2, 0) is 9.53 Å². The molecular formula is C20H23FN2O2. The minimum atomic E-state index is -0.320. The average molecular weight is 342 g/mol. The number of pyridine rings is 1. The van der Waals surface area contributed by atoms with Crippen LogP contribution in [0, 0.1) is 5.82 Å². The van der Waals surface area contributed by atoms with Crippen LogP contribution < -0.4 is 5.32 Å². The molecule has 1 aromatic heterocycles. The van der Waals surface area contributed by atoms with E-state index in [1.165, 1.54) is 12.1 Å². The number of halogens is 1. The maximum Gasteiger partial charge on any atom is 0.220 e. The normalized spacial score (nSPS) is 21.0. The molecule has 0 radical (unpaired) electrons. The van der Waals surface area contributed by atoms with E-state index in [0.29, 0.717) is 6.42 Å². The smallest absolute Gasteiger partial charge is 0.220 e. The molecule has 3 atom stereocenters. The molecular weight excluding hydrogens is 319 g/mol. The molecule has 1 aliphatic rings. The summed E-state index contributed by atoms with van der Waals surface area (Å²) in [5, 5.41) is 3.06. The van der Waals surface area contributed by atoms with Gasteiger partial charge in [-0.05, 0) is 61.6 Å². The second kappa shape index (κ2) is 8.21. The summed E-state index contributed by atoms with van der Waals surface area (Å²) in [5.41, 5.74) is 1.76. The van der Waals surface area contributed by atoms with Crippen LogP contribution in [0.5, 0.6) is 0 Å². The molecule has 1 amide bonds. The third-order valence-corrected chi connectivity index (χ3v) is 4.56. The molecule has 0 bridgehead atoms. The summed E-state index contributed by atoms with van der Waals surface area (Å²) in [4.78, 5) is 16.5. The van der Waals surface area contributed by atoms with E-state index >= 15 is 0 Å². The number of benzene rings is 1. The van der Waals surface area contributed by atoms with Crippen LogP contribution in [0.25, 0.3) is 0 Å². The van der Waals surface area contributed by atoms with Crippen molar-refractivity contribution in [3.05, 3.63) is 65.7 Å². The third kappa shape index (κ3) is 4.86. The second-order valence-electron chi connectivity index (χ2n) is 6.52. The highest BCUT2D eigenvalue weighted by atomic mass is 19.1. The number of ether oxygens (including phenoxy) is 1. The molecule has 1 N–H and O–H groups in total. The summed E-state index contributed by atoms with van der Waals surface area (Å²) in [6, 6.07) is 9.60. The van der Waals surface area contributed by atoms with Crippen molar-refractivity contribution in [3.63, 3.8) is 0 Å². The molecule has 25 heavy (non-hydrogen) atoms. The van der Waals surface area contributed by atoms with Crippen LogP contribution in [0.2, 0.25) is 0 Å². The van der Waals surface area contributed by atoms with Gasteiger partial charge in [0.25, 0.3) is 0 Å². The van der Waals surface area contributed by atoms with Gasteiger partial charge in [0, 0.05) is 18.8 Å². The Balaban J connectivity index is 1.67. The van der Waals surface area contributed by atoms with E-state index in [1.54, 1.807) is 24.5 Å². The van der Waals surface area contributed by atoms with Gasteiger partial charge in [-0.1, -0.05) is 12.1 Å². The van der Waals surface area contributed by atoms with E-state index in [9.17, 15) is 9.18 Å². The number of hydrogen-bond acceptors (Lipinski definition) is 3. The fourth-order valence-electron chi connectivity index (χ4n) is 3.19. The Morgan fingerprint density at radius 2 is 1.88 bits per heavy atom. The van der Waals surface area contributed by atoms with Crippen LogP contribution in [0.4, 0.5) is 4.39 Å². The molecule has 1 aromatic carbocycles. The number of aromatic nitrogens is 1. The van der Waals surface area contributed by atoms with Crippen molar-refractivity contribution in [3.8, 4) is 0 Å². The van der Waals surface area contributed by atoms with Crippen molar-refractivity contribution in [2.75, 3.05) is 0 Å². The zero-order valence-electron chi connectivity index (χ0n) is 14.3. The van der Waals surface area contributed by atoms with Crippen molar-refractivity contribution >= 4 is 5.91 Å². The molecule has 132 valence electrons. The molecule has 2 aromatic rings. The molecule has 1 fully saturated rings. The summed E-state index contributed by atoms with van der Waals surface area (Å²) in [6.45, 7) is 2.06. The lowest BCUT2D eigenvalue weighted by molar-refractivity contribution is -0.122. The van der Waals surface area contributed by atoms with Gasteiger partial charge in [-0.3, -0.25) is 9.78 Å². The van der Waals surface area contributed by atoms with Gasteiger partial charge in [-0.25, -0.2) is 4.39 Å². The maximum atomic E-state index is 13.2. The lowest BCUT2D eigenvalue weighted by Crippen LogP contribution is -2.30. The predicted molar refractivity (Wildman–Crippen MR) is 93.4 cm³/mol. The molecule has 2 heterocycles. The van der Waals surface area contributed by atoms with E-state index in [-0.39, 0.29) is 30.0 Å². The van der Waals surface area contributed by atoms with E-state index in [2.05, 4.69) is 17.2 Å². The number of nitrogens with zero attached hydrogens (tertiary/aromatic N) is 1. The fraction of sp³-hybridized carbons (Fsp3) is 0.400. The van der Waals surface area contributed by atoms with Crippen molar-refractivity contribution in [1.82, 2.24) is 10.3 Å². The molecule has 5 heteroatoms. The Bertz CT molecular complexity index is 691. The van der Waals surface area contributed by atoms with E-state index in [1.807, 2.05) is 12.1 Å². The number of rotatable bonds is 6. The van der Waals surface area contributed by atoms with E-state index in [0.717, 1.165) is 30.4 Å². The van der Waals surface area contributed by atoms with E-state index in [4.69, 9.17) is 4.74 Å². The summed E-state index contributed by atoms with van der Waals surface area (Å²) in [5.74, 6) is -0.328. The second-order valence-corrected chi connectivity index (χ2v) is 6.52. The number of carbonyl (C=O) groups excluding carboxylic acids is 1. The quantitative estimate of drug-likeness (QED) is 0.869. The number of hydrogen-bond donors (Lipinski definition) is 1. The summed E-state index contributed by atoms with van der Waals surface area (Å²) < 4.78 is 19.0. The van der Waals surface area contributed by atoms with Crippen LogP contribution in [0.1, 0.15) is 49.8 Å². The first-order valence-corrected chi connectivity index (χ1v) is 8.72. The van der Waals surface area contributed by atoms with E-state index < -0.39 is 0 Å². The van der Waals surface area contributed by atoms with Gasteiger partial charge in [-0.15, -0.1) is 0 Å². The van der Waals surface area contributed by atoms with Crippen LogP contribution in [-0.4, -0.2) is 23.1 Å². The zero-order valence-corrected chi connectivity index (χ0v) is 14.3. The van der Waals surface area contributed by atoms with Gasteiger partial charge in [0.05, 0.1) is 18.2 Å². The Labute approximate surface area is 147 Å². The monoisotopic (exact) mass is 342 g/mol. The van der Waals surface area contributed by atoms with Crippen LogP contribution in [0.3, 0.4) is 0 Å². The Morgan fingerprint density at radius 1 is 1.20 bits per heavy atom. The van der Waals surface area contributed by atoms with Gasteiger partial charge in [0.1, 0.15) is 5.82 Å². The van der Waals surface area contributed by atoms with Crippen molar-refractivity contribution in [2.45, 2.75) is 50.9 Å². The van der Waals surface area contributed by atoms with Crippen molar-refractivity contribution < 1.29 is 13.9 Å². The predicted octanol–water partition coefficient (Wildman–Crippen LogP) is 3.77. The highest BCUT2D eigenvalue weighted by molar-refractivity contribution is 5.77. The SMILES string of the molecule is C[C@@H]1CC[C@@H](CCC(=O)N[C@@H](c2ccncc2)c2ccc(F)cc2)O1. The molecule has 0 saturated carbocycles. The first kappa shape index (κ1) is 17.5. The number of carbonyl (C=O) groups is 1. The van der Waals surface area contributed by atoms with Gasteiger partial charge < -0.3 is 10.1 Å². The van der Waals surface area contributed by atoms with Crippen LogP contribution in [0.15, 0.2) is 48.8 Å². The topological polar surface area (TPSA) is 51.2 Å². The lowest BCUT2D eigenvalue weighted by atomic mass is 9.99. The van der Waals surface area contributed by atoms with Gasteiger partial charge >= 0.3 is 0 Å². The Morgan fingerprint density at radius 3 is 2.52 bits per heavy atom. The highest BCUT2D eigenvalue weighted by Crippen LogP contribution is 2.24. The molecule has 0 aliphatic carbocycles. The summed E-state index contributed by atoms with van der Waals surface area (Å²) in [6.07, 6.45) is 7.05.